The van der Waals surface area contributed by atoms with E-state index in [0.29, 0.717) is 11.1 Å². The highest BCUT2D eigenvalue weighted by Crippen LogP contribution is 2.28. The Balaban J connectivity index is 2.61. The Morgan fingerprint density at radius 3 is 2.33 bits per heavy atom. The monoisotopic (exact) mass is 245 g/mol. The molecule has 0 atom stereocenters. The van der Waals surface area contributed by atoms with Crippen molar-refractivity contribution in [2.24, 2.45) is 0 Å². The highest BCUT2D eigenvalue weighted by Gasteiger charge is 2.33. The molecular formula is C15H19NO2. The van der Waals surface area contributed by atoms with Gasteiger partial charge in [0.1, 0.15) is 0 Å². The fourth-order valence-corrected chi connectivity index (χ4v) is 2.39. The van der Waals surface area contributed by atoms with Gasteiger partial charge in [0.2, 0.25) is 0 Å². The number of Topliss-reactive ketones (excluding diaryl/α,β-unsaturated/α-hetero) is 1. The van der Waals surface area contributed by atoms with E-state index in [2.05, 4.69) is 0 Å². The first-order valence-corrected chi connectivity index (χ1v) is 6.40. The molecule has 1 amide bonds. The second kappa shape index (κ2) is 4.56. The first-order chi connectivity index (χ1) is 8.43. The molecule has 0 bridgehead atoms. The zero-order chi connectivity index (χ0) is 13.4. The molecule has 1 aliphatic rings. The first-order valence-electron chi connectivity index (χ1n) is 6.40. The minimum absolute atomic E-state index is 0.0103. The van der Waals surface area contributed by atoms with E-state index in [0.717, 1.165) is 5.56 Å². The molecule has 0 radical (unpaired) electrons. The average molecular weight is 245 g/mol. The van der Waals surface area contributed by atoms with Gasteiger partial charge in [-0.1, -0.05) is 32.0 Å². The summed E-state index contributed by atoms with van der Waals surface area (Å²) >= 11 is 0. The fraction of sp³-hybridized carbons (Fsp3) is 0.467. The SMILES string of the molecule is CC(C)c1cccc2c1C(=O)N(C(C)C)CC2=O. The van der Waals surface area contributed by atoms with Crippen molar-refractivity contribution in [1.82, 2.24) is 4.90 Å². The van der Waals surface area contributed by atoms with Crippen molar-refractivity contribution >= 4 is 11.7 Å². The molecular weight excluding hydrogens is 226 g/mol. The van der Waals surface area contributed by atoms with E-state index < -0.39 is 0 Å². The highest BCUT2D eigenvalue weighted by molar-refractivity contribution is 6.14. The second-order valence-corrected chi connectivity index (χ2v) is 5.37. The maximum Gasteiger partial charge on any atom is 0.255 e. The number of carbonyl (C=O) groups is 2. The smallest absolute Gasteiger partial charge is 0.255 e. The Labute approximate surface area is 108 Å². The third-order valence-electron chi connectivity index (χ3n) is 3.43. The van der Waals surface area contributed by atoms with E-state index in [1.165, 1.54) is 0 Å². The van der Waals surface area contributed by atoms with Crippen molar-refractivity contribution in [3.63, 3.8) is 0 Å². The zero-order valence-corrected chi connectivity index (χ0v) is 11.4. The summed E-state index contributed by atoms with van der Waals surface area (Å²) in [6.45, 7) is 8.16. The molecule has 0 saturated carbocycles. The number of rotatable bonds is 2. The number of hydrogen-bond acceptors (Lipinski definition) is 2. The normalized spacial score (nSPS) is 15.6. The van der Waals surface area contributed by atoms with Crippen molar-refractivity contribution in [3.05, 3.63) is 34.9 Å². The van der Waals surface area contributed by atoms with Crippen molar-refractivity contribution in [1.29, 1.82) is 0 Å². The molecule has 1 heterocycles. The Morgan fingerprint density at radius 1 is 1.11 bits per heavy atom. The van der Waals surface area contributed by atoms with E-state index in [9.17, 15) is 9.59 Å². The minimum Gasteiger partial charge on any atom is -0.328 e. The maximum absolute atomic E-state index is 12.5. The number of carbonyl (C=O) groups excluding carboxylic acids is 2. The molecule has 0 aromatic heterocycles. The van der Waals surface area contributed by atoms with Gasteiger partial charge >= 0.3 is 0 Å². The van der Waals surface area contributed by atoms with Gasteiger partial charge in [-0.2, -0.15) is 0 Å². The topological polar surface area (TPSA) is 37.4 Å². The van der Waals surface area contributed by atoms with E-state index in [4.69, 9.17) is 0 Å². The quantitative estimate of drug-likeness (QED) is 0.803. The van der Waals surface area contributed by atoms with E-state index in [1.807, 2.05) is 39.8 Å². The highest BCUT2D eigenvalue weighted by atomic mass is 16.2. The van der Waals surface area contributed by atoms with Crippen LogP contribution in [0.2, 0.25) is 0 Å². The number of fused-ring (bicyclic) bond motifs is 1. The molecule has 0 unspecified atom stereocenters. The zero-order valence-electron chi connectivity index (χ0n) is 11.4. The Hall–Kier alpha value is -1.64. The van der Waals surface area contributed by atoms with E-state index >= 15 is 0 Å². The molecule has 0 N–H and O–H groups in total. The standard InChI is InChI=1S/C15H19NO2/c1-9(2)11-6-5-7-12-13(17)8-16(10(3)4)15(18)14(11)12/h5-7,9-10H,8H2,1-4H3. The molecule has 0 saturated heterocycles. The van der Waals surface area contributed by atoms with Crippen LogP contribution in [0.3, 0.4) is 0 Å². The minimum atomic E-state index is -0.0103. The van der Waals surface area contributed by atoms with Gasteiger partial charge in [-0.05, 0) is 25.3 Å². The number of amides is 1. The lowest BCUT2D eigenvalue weighted by Gasteiger charge is -2.32. The fourth-order valence-electron chi connectivity index (χ4n) is 2.39. The van der Waals surface area contributed by atoms with Crippen molar-refractivity contribution in [3.8, 4) is 0 Å². The first kappa shape index (κ1) is 12.8. The molecule has 2 rings (SSSR count). The molecule has 3 heteroatoms. The Morgan fingerprint density at radius 2 is 1.78 bits per heavy atom. The predicted octanol–water partition coefficient (Wildman–Crippen LogP) is 2.86. The third-order valence-corrected chi connectivity index (χ3v) is 3.43. The summed E-state index contributed by atoms with van der Waals surface area (Å²) in [7, 11) is 0. The lowest BCUT2D eigenvalue weighted by Crippen LogP contribution is -2.45. The molecule has 0 aliphatic carbocycles. The lowest BCUT2D eigenvalue weighted by atomic mass is 9.88. The Kier molecular flexibility index (Phi) is 3.24. The van der Waals surface area contributed by atoms with Gasteiger partial charge in [-0.3, -0.25) is 9.59 Å². The predicted molar refractivity (Wildman–Crippen MR) is 71.0 cm³/mol. The van der Waals surface area contributed by atoms with Crippen LogP contribution < -0.4 is 0 Å². The van der Waals surface area contributed by atoms with Gasteiger partial charge < -0.3 is 4.90 Å². The summed E-state index contributed by atoms with van der Waals surface area (Å²) in [5.41, 5.74) is 2.16. The van der Waals surface area contributed by atoms with Gasteiger partial charge in [-0.15, -0.1) is 0 Å². The summed E-state index contributed by atoms with van der Waals surface area (Å²) < 4.78 is 0. The number of nitrogens with zero attached hydrogens (tertiary/aromatic N) is 1. The van der Waals surface area contributed by atoms with Crippen LogP contribution >= 0.6 is 0 Å². The molecule has 3 nitrogen and oxygen atoms in total. The Bertz CT molecular complexity index is 503. The van der Waals surface area contributed by atoms with Crippen LogP contribution in [0.15, 0.2) is 18.2 Å². The summed E-state index contributed by atoms with van der Waals surface area (Å²) in [6, 6.07) is 5.62. The van der Waals surface area contributed by atoms with Crippen molar-refractivity contribution in [2.75, 3.05) is 6.54 Å². The molecule has 18 heavy (non-hydrogen) atoms. The summed E-state index contributed by atoms with van der Waals surface area (Å²) in [4.78, 5) is 26.3. The second-order valence-electron chi connectivity index (χ2n) is 5.37. The van der Waals surface area contributed by atoms with Crippen LogP contribution in [0.25, 0.3) is 0 Å². The maximum atomic E-state index is 12.5. The van der Waals surface area contributed by atoms with E-state index in [-0.39, 0.29) is 30.2 Å². The van der Waals surface area contributed by atoms with Crippen LogP contribution in [-0.4, -0.2) is 29.2 Å². The molecule has 0 fully saturated rings. The summed E-state index contributed by atoms with van der Waals surface area (Å²) in [6.07, 6.45) is 0. The largest absolute Gasteiger partial charge is 0.328 e. The summed E-state index contributed by atoms with van der Waals surface area (Å²) in [5.74, 6) is 0.272. The molecule has 0 spiro atoms. The van der Waals surface area contributed by atoms with Gasteiger partial charge in [-0.25, -0.2) is 0 Å². The van der Waals surface area contributed by atoms with Crippen LogP contribution in [0, 0.1) is 0 Å². The summed E-state index contributed by atoms with van der Waals surface area (Å²) in [5, 5.41) is 0. The van der Waals surface area contributed by atoms with E-state index in [1.54, 1.807) is 11.0 Å². The van der Waals surface area contributed by atoms with Crippen LogP contribution in [0.4, 0.5) is 0 Å². The molecule has 96 valence electrons. The molecule has 1 aliphatic heterocycles. The van der Waals surface area contributed by atoms with Crippen LogP contribution in [0.1, 0.15) is 59.9 Å². The number of benzene rings is 1. The van der Waals surface area contributed by atoms with Crippen molar-refractivity contribution < 1.29 is 9.59 Å². The average Bonchev–Trinajstić information content (AvgIpc) is 2.32. The van der Waals surface area contributed by atoms with Gasteiger partial charge in [0, 0.05) is 11.6 Å². The number of ketones is 1. The molecule has 1 aromatic rings. The molecule has 1 aromatic carbocycles. The van der Waals surface area contributed by atoms with Gasteiger partial charge in [0.15, 0.2) is 5.78 Å². The third kappa shape index (κ3) is 1.94. The van der Waals surface area contributed by atoms with Crippen molar-refractivity contribution in [2.45, 2.75) is 39.7 Å². The van der Waals surface area contributed by atoms with Crippen LogP contribution in [0.5, 0.6) is 0 Å². The lowest BCUT2D eigenvalue weighted by molar-refractivity contribution is 0.0631. The van der Waals surface area contributed by atoms with Gasteiger partial charge in [0.05, 0.1) is 12.1 Å². The number of hydrogen-bond donors (Lipinski definition) is 0. The van der Waals surface area contributed by atoms with Crippen LogP contribution in [-0.2, 0) is 0 Å². The van der Waals surface area contributed by atoms with Gasteiger partial charge in [0.25, 0.3) is 5.91 Å².